The molecule has 64 valence electrons. The molecule has 0 rings (SSSR count). The van der Waals surface area contributed by atoms with Crippen LogP contribution in [-0.2, 0) is 18.4 Å². The van der Waals surface area contributed by atoms with Crippen molar-refractivity contribution in [3.8, 4) is 0 Å². The highest BCUT2D eigenvalue weighted by Crippen LogP contribution is 2.53. The fraction of sp³-hybridized carbons (Fsp3) is 0.500. The van der Waals surface area contributed by atoms with E-state index in [4.69, 9.17) is 0 Å². The lowest BCUT2D eigenvalue weighted by molar-refractivity contribution is -0.104. The maximum Gasteiger partial charge on any atom is 0.356 e. The molecule has 0 aromatic rings. The third kappa shape index (κ3) is 2.58. The minimum atomic E-state index is -3.16. The monoisotopic (exact) mass is 178 g/mol. The van der Waals surface area contributed by atoms with Gasteiger partial charge in [-0.25, -0.2) is 0 Å². The summed E-state index contributed by atoms with van der Waals surface area (Å²) in [5.41, 5.74) is 0. The second-order valence-corrected chi connectivity index (χ2v) is 4.24. The van der Waals surface area contributed by atoms with Crippen LogP contribution in [0.4, 0.5) is 0 Å². The van der Waals surface area contributed by atoms with Crippen LogP contribution in [0.5, 0.6) is 0 Å². The van der Waals surface area contributed by atoms with E-state index in [0.29, 0.717) is 11.6 Å². The molecule has 0 fully saturated rings. The number of carbonyl (C=O) groups is 1. The summed E-state index contributed by atoms with van der Waals surface area (Å²) in [5, 5.41) is 0.303. The molecule has 5 heteroatoms. The molecule has 0 radical (unpaired) electrons. The molecule has 0 aromatic heterocycles. The smallest absolute Gasteiger partial charge is 0.309 e. The standard InChI is InChI=1S/C6H11O4P/c1-6(4-5-7)11(8,9-2)10-3/h4-5H,1-3H3/b6-4+. The highest BCUT2D eigenvalue weighted by Gasteiger charge is 2.22. The van der Waals surface area contributed by atoms with Gasteiger partial charge in [-0.05, 0) is 13.0 Å². The molecule has 0 spiro atoms. The second kappa shape index (κ2) is 4.44. The molecule has 0 saturated heterocycles. The van der Waals surface area contributed by atoms with E-state index in [2.05, 4.69) is 9.05 Å². The molecule has 0 bridgehead atoms. The maximum atomic E-state index is 11.4. The summed E-state index contributed by atoms with van der Waals surface area (Å²) in [7, 11) is -0.618. The molecular weight excluding hydrogens is 167 g/mol. The molecule has 0 unspecified atom stereocenters. The predicted molar refractivity (Wildman–Crippen MR) is 41.4 cm³/mol. The van der Waals surface area contributed by atoms with E-state index in [0.717, 1.165) is 6.08 Å². The number of aldehydes is 1. The first-order valence-corrected chi connectivity index (χ1v) is 4.49. The van der Waals surface area contributed by atoms with Gasteiger partial charge in [0.05, 0.1) is 0 Å². The highest BCUT2D eigenvalue weighted by molar-refractivity contribution is 7.58. The van der Waals surface area contributed by atoms with Gasteiger partial charge in [-0.15, -0.1) is 0 Å². The average molecular weight is 178 g/mol. The molecule has 0 aliphatic carbocycles. The fourth-order valence-corrected chi connectivity index (χ4v) is 1.52. The topological polar surface area (TPSA) is 52.6 Å². The van der Waals surface area contributed by atoms with Crippen LogP contribution in [0.2, 0.25) is 0 Å². The maximum absolute atomic E-state index is 11.4. The Labute approximate surface area is 65.7 Å². The molecule has 0 aliphatic rings. The van der Waals surface area contributed by atoms with Crippen molar-refractivity contribution >= 4 is 13.9 Å². The van der Waals surface area contributed by atoms with Crippen LogP contribution in [0.15, 0.2) is 11.4 Å². The average Bonchev–Trinajstić information content (AvgIpc) is 2.03. The minimum Gasteiger partial charge on any atom is -0.309 e. The second-order valence-electron chi connectivity index (χ2n) is 1.81. The predicted octanol–water partition coefficient (Wildman–Crippen LogP) is 1.57. The van der Waals surface area contributed by atoms with E-state index >= 15 is 0 Å². The first kappa shape index (κ1) is 10.6. The Morgan fingerprint density at radius 2 is 1.82 bits per heavy atom. The van der Waals surface area contributed by atoms with Crippen LogP contribution in [0, 0.1) is 0 Å². The van der Waals surface area contributed by atoms with E-state index in [1.54, 1.807) is 0 Å². The Morgan fingerprint density at radius 1 is 1.36 bits per heavy atom. The molecular formula is C6H11O4P. The Hall–Kier alpha value is -0.440. The molecule has 0 aromatic carbocycles. The summed E-state index contributed by atoms with van der Waals surface area (Å²) in [4.78, 5) is 9.99. The van der Waals surface area contributed by atoms with Crippen molar-refractivity contribution in [1.29, 1.82) is 0 Å². The van der Waals surface area contributed by atoms with Crippen LogP contribution in [0.25, 0.3) is 0 Å². The molecule has 0 aliphatic heterocycles. The quantitative estimate of drug-likeness (QED) is 0.372. The summed E-state index contributed by atoms with van der Waals surface area (Å²) in [6.07, 6.45) is 1.70. The van der Waals surface area contributed by atoms with Gasteiger partial charge in [-0.3, -0.25) is 9.36 Å². The van der Waals surface area contributed by atoms with Gasteiger partial charge in [0, 0.05) is 19.5 Å². The van der Waals surface area contributed by atoms with Gasteiger partial charge in [-0.2, -0.15) is 0 Å². The largest absolute Gasteiger partial charge is 0.356 e. The van der Waals surface area contributed by atoms with Crippen molar-refractivity contribution in [2.75, 3.05) is 14.2 Å². The molecule has 0 saturated carbocycles. The van der Waals surface area contributed by atoms with E-state index < -0.39 is 7.60 Å². The summed E-state index contributed by atoms with van der Waals surface area (Å²) in [6, 6.07) is 0. The Bertz CT molecular complexity index is 201. The first-order chi connectivity index (χ1) is 5.10. The Balaban J connectivity index is 4.64. The summed E-state index contributed by atoms with van der Waals surface area (Å²) < 4.78 is 20.6. The van der Waals surface area contributed by atoms with Gasteiger partial charge in [0.2, 0.25) is 0 Å². The lowest BCUT2D eigenvalue weighted by Gasteiger charge is -2.12. The van der Waals surface area contributed by atoms with Gasteiger partial charge in [0.1, 0.15) is 6.29 Å². The minimum absolute atomic E-state index is 0.303. The number of rotatable bonds is 4. The highest BCUT2D eigenvalue weighted by atomic mass is 31.2. The molecule has 0 atom stereocenters. The SMILES string of the molecule is COP(=O)(OC)/C(C)=C/C=O. The third-order valence-electron chi connectivity index (χ3n) is 1.22. The van der Waals surface area contributed by atoms with Gasteiger partial charge < -0.3 is 9.05 Å². The number of hydrogen-bond acceptors (Lipinski definition) is 4. The van der Waals surface area contributed by atoms with Crippen LogP contribution in [0.1, 0.15) is 6.92 Å². The van der Waals surface area contributed by atoms with E-state index in [1.807, 2.05) is 0 Å². The summed E-state index contributed by atoms with van der Waals surface area (Å²) >= 11 is 0. The van der Waals surface area contributed by atoms with Crippen molar-refractivity contribution in [3.05, 3.63) is 11.4 Å². The lowest BCUT2D eigenvalue weighted by Crippen LogP contribution is -1.89. The van der Waals surface area contributed by atoms with Crippen LogP contribution >= 0.6 is 7.60 Å². The third-order valence-corrected chi connectivity index (χ3v) is 3.20. The van der Waals surface area contributed by atoms with E-state index in [9.17, 15) is 9.36 Å². The van der Waals surface area contributed by atoms with Crippen molar-refractivity contribution in [2.45, 2.75) is 6.92 Å². The van der Waals surface area contributed by atoms with Crippen molar-refractivity contribution < 1.29 is 18.4 Å². The molecule has 4 nitrogen and oxygen atoms in total. The van der Waals surface area contributed by atoms with Crippen molar-refractivity contribution in [2.24, 2.45) is 0 Å². The number of hydrogen-bond donors (Lipinski definition) is 0. The normalized spacial score (nSPS) is 13.2. The molecule has 0 heterocycles. The molecule has 0 N–H and O–H groups in total. The van der Waals surface area contributed by atoms with Crippen LogP contribution in [0.3, 0.4) is 0 Å². The number of allylic oxidation sites excluding steroid dienone is 2. The zero-order chi connectivity index (χ0) is 8.91. The van der Waals surface area contributed by atoms with E-state index in [-0.39, 0.29) is 0 Å². The first-order valence-electron chi connectivity index (χ1n) is 2.95. The van der Waals surface area contributed by atoms with Crippen molar-refractivity contribution in [3.63, 3.8) is 0 Å². The Morgan fingerprint density at radius 3 is 2.09 bits per heavy atom. The van der Waals surface area contributed by atoms with Gasteiger partial charge in [-0.1, -0.05) is 0 Å². The van der Waals surface area contributed by atoms with Gasteiger partial charge in [0.25, 0.3) is 0 Å². The summed E-state index contributed by atoms with van der Waals surface area (Å²) in [6.45, 7) is 1.52. The fourth-order valence-electron chi connectivity index (χ4n) is 0.552. The summed E-state index contributed by atoms with van der Waals surface area (Å²) in [5.74, 6) is 0. The van der Waals surface area contributed by atoms with Gasteiger partial charge >= 0.3 is 7.60 Å². The molecule has 11 heavy (non-hydrogen) atoms. The van der Waals surface area contributed by atoms with Crippen LogP contribution in [-0.4, -0.2) is 20.5 Å². The lowest BCUT2D eigenvalue weighted by atomic mass is 10.6. The zero-order valence-electron chi connectivity index (χ0n) is 6.73. The van der Waals surface area contributed by atoms with Gasteiger partial charge in [0.15, 0.2) is 0 Å². The van der Waals surface area contributed by atoms with Crippen molar-refractivity contribution in [1.82, 2.24) is 0 Å². The zero-order valence-corrected chi connectivity index (χ0v) is 7.63. The Kier molecular flexibility index (Phi) is 4.26. The van der Waals surface area contributed by atoms with E-state index in [1.165, 1.54) is 21.1 Å². The van der Waals surface area contributed by atoms with Crippen LogP contribution < -0.4 is 0 Å². The molecule has 0 amide bonds. The number of carbonyl (C=O) groups excluding carboxylic acids is 1.